The van der Waals surface area contributed by atoms with E-state index < -0.39 is 11.7 Å². The summed E-state index contributed by atoms with van der Waals surface area (Å²) >= 11 is 0. The highest BCUT2D eigenvalue weighted by atomic mass is 19.4. The molecule has 0 bridgehead atoms. The van der Waals surface area contributed by atoms with E-state index >= 15 is 0 Å². The molecule has 0 aliphatic rings. The first-order valence-corrected chi connectivity index (χ1v) is 5.28. The number of halogens is 3. The largest absolute Gasteiger partial charge is 0.462 e. The lowest BCUT2D eigenvalue weighted by atomic mass is 10.2. The number of alkyl halides is 3. The van der Waals surface area contributed by atoms with Crippen molar-refractivity contribution < 1.29 is 17.6 Å². The van der Waals surface area contributed by atoms with E-state index in [1.165, 1.54) is 4.68 Å². The molecule has 0 atom stereocenters. The summed E-state index contributed by atoms with van der Waals surface area (Å²) in [5.74, 6) is 1.16. The van der Waals surface area contributed by atoms with Crippen LogP contribution in [0.2, 0.25) is 0 Å². The van der Waals surface area contributed by atoms with Crippen LogP contribution >= 0.6 is 0 Å². The Morgan fingerprint density at radius 3 is 2.67 bits per heavy atom. The highest BCUT2D eigenvalue weighted by Crippen LogP contribution is 2.28. The van der Waals surface area contributed by atoms with Crippen molar-refractivity contribution in [2.75, 3.05) is 0 Å². The summed E-state index contributed by atoms with van der Waals surface area (Å²) in [6, 6.07) is 1.75. The molecule has 98 valence electrons. The van der Waals surface area contributed by atoms with Crippen LogP contribution in [0.15, 0.2) is 22.9 Å². The van der Waals surface area contributed by atoms with Crippen LogP contribution in [0.25, 0.3) is 0 Å². The lowest BCUT2D eigenvalue weighted by Crippen LogP contribution is -2.03. The van der Waals surface area contributed by atoms with Crippen molar-refractivity contribution >= 4 is 0 Å². The van der Waals surface area contributed by atoms with E-state index in [9.17, 15) is 13.2 Å². The average Bonchev–Trinajstić information content (AvgIpc) is 2.85. The molecule has 0 aliphatic carbocycles. The lowest BCUT2D eigenvalue weighted by molar-refractivity contribution is -0.137. The monoisotopic (exact) mass is 259 g/mol. The predicted molar refractivity (Wildman–Crippen MR) is 57.7 cm³/mol. The Bertz CT molecular complexity index is 542. The van der Waals surface area contributed by atoms with Crippen molar-refractivity contribution in [2.24, 2.45) is 5.73 Å². The minimum Gasteiger partial charge on any atom is -0.462 e. The number of rotatable bonds is 3. The van der Waals surface area contributed by atoms with E-state index in [0.29, 0.717) is 11.5 Å². The van der Waals surface area contributed by atoms with Crippen LogP contribution in [0.4, 0.5) is 13.2 Å². The Hall–Kier alpha value is -1.76. The first kappa shape index (κ1) is 12.7. The number of hydrogen-bond donors (Lipinski definition) is 1. The topological polar surface area (TPSA) is 57.0 Å². The van der Waals surface area contributed by atoms with E-state index in [1.807, 2.05) is 6.92 Å². The van der Waals surface area contributed by atoms with Gasteiger partial charge in [0.25, 0.3) is 0 Å². The van der Waals surface area contributed by atoms with Crippen LogP contribution in [0, 0.1) is 6.92 Å². The number of nitrogens with zero attached hydrogens (tertiary/aromatic N) is 2. The number of aryl methyl sites for hydroxylation is 1. The molecule has 0 aliphatic heterocycles. The van der Waals surface area contributed by atoms with Crippen molar-refractivity contribution in [3.63, 3.8) is 0 Å². The normalized spacial score (nSPS) is 12.1. The molecule has 7 heteroatoms. The summed E-state index contributed by atoms with van der Waals surface area (Å²) in [6.45, 7) is 2.25. The van der Waals surface area contributed by atoms with Gasteiger partial charge in [-0.25, -0.2) is 0 Å². The van der Waals surface area contributed by atoms with Gasteiger partial charge in [0.2, 0.25) is 0 Å². The molecule has 4 nitrogen and oxygen atoms in total. The second kappa shape index (κ2) is 4.49. The fourth-order valence-corrected chi connectivity index (χ4v) is 1.63. The van der Waals surface area contributed by atoms with Crippen LogP contribution in [0.3, 0.4) is 0 Å². The molecule has 2 heterocycles. The van der Waals surface area contributed by atoms with Crippen molar-refractivity contribution in [2.45, 2.75) is 26.2 Å². The molecule has 0 saturated carbocycles. The van der Waals surface area contributed by atoms with Crippen LogP contribution < -0.4 is 5.73 Å². The third-order valence-corrected chi connectivity index (χ3v) is 2.54. The van der Waals surface area contributed by atoms with Gasteiger partial charge in [-0.2, -0.15) is 18.3 Å². The Labute approximate surface area is 101 Å². The fourth-order valence-electron chi connectivity index (χ4n) is 1.63. The van der Waals surface area contributed by atoms with Gasteiger partial charge in [-0.1, -0.05) is 0 Å². The van der Waals surface area contributed by atoms with Gasteiger partial charge in [0.1, 0.15) is 11.5 Å². The van der Waals surface area contributed by atoms with E-state index in [1.54, 1.807) is 6.07 Å². The number of hydrogen-bond acceptors (Lipinski definition) is 3. The third kappa shape index (κ3) is 2.56. The number of nitrogens with two attached hydrogens (primary N) is 1. The zero-order chi connectivity index (χ0) is 13.3. The highest BCUT2D eigenvalue weighted by molar-refractivity contribution is 5.20. The smallest absolute Gasteiger partial charge is 0.419 e. The van der Waals surface area contributed by atoms with Gasteiger partial charge >= 0.3 is 6.18 Å². The second-order valence-electron chi connectivity index (χ2n) is 3.95. The van der Waals surface area contributed by atoms with Crippen LogP contribution in [-0.2, 0) is 19.3 Å². The van der Waals surface area contributed by atoms with Gasteiger partial charge < -0.3 is 10.2 Å². The minimum atomic E-state index is -4.38. The first-order chi connectivity index (χ1) is 8.40. The molecule has 0 saturated heterocycles. The molecule has 0 aromatic carbocycles. The SMILES string of the molecule is Cc1cc(Cn2cc(C(F)(F)F)cn2)oc1CN. The van der Waals surface area contributed by atoms with Crippen LogP contribution in [0.5, 0.6) is 0 Å². The van der Waals surface area contributed by atoms with Gasteiger partial charge in [0, 0.05) is 6.20 Å². The van der Waals surface area contributed by atoms with E-state index in [0.717, 1.165) is 18.0 Å². The molecular weight excluding hydrogens is 247 g/mol. The lowest BCUT2D eigenvalue weighted by Gasteiger charge is -2.01. The maximum absolute atomic E-state index is 12.4. The standard InChI is InChI=1S/C11H12F3N3O/c1-7-2-9(18-10(7)3-15)6-17-5-8(4-16-17)11(12,13)14/h2,4-5H,3,6,15H2,1H3. The summed E-state index contributed by atoms with van der Waals surface area (Å²) in [7, 11) is 0. The quantitative estimate of drug-likeness (QED) is 0.920. The average molecular weight is 259 g/mol. The fraction of sp³-hybridized carbons (Fsp3) is 0.364. The predicted octanol–water partition coefficient (Wildman–Crippen LogP) is 2.31. The third-order valence-electron chi connectivity index (χ3n) is 2.54. The Morgan fingerprint density at radius 1 is 1.44 bits per heavy atom. The summed E-state index contributed by atoms with van der Waals surface area (Å²) in [5.41, 5.74) is 5.57. The van der Waals surface area contributed by atoms with Crippen LogP contribution in [-0.4, -0.2) is 9.78 Å². The van der Waals surface area contributed by atoms with Gasteiger partial charge in [-0.15, -0.1) is 0 Å². The van der Waals surface area contributed by atoms with E-state index in [4.69, 9.17) is 10.2 Å². The summed E-state index contributed by atoms with van der Waals surface area (Å²) in [5, 5.41) is 3.65. The highest BCUT2D eigenvalue weighted by Gasteiger charge is 2.32. The molecule has 2 aromatic heterocycles. The van der Waals surface area contributed by atoms with Gasteiger partial charge in [-0.3, -0.25) is 4.68 Å². The molecule has 18 heavy (non-hydrogen) atoms. The Morgan fingerprint density at radius 2 is 2.17 bits per heavy atom. The minimum absolute atomic E-state index is 0.150. The summed E-state index contributed by atoms with van der Waals surface area (Å²) < 4.78 is 43.7. The molecule has 0 amide bonds. The molecule has 2 N–H and O–H groups in total. The number of aromatic nitrogens is 2. The van der Waals surface area contributed by atoms with Gasteiger partial charge in [-0.05, 0) is 18.6 Å². The van der Waals surface area contributed by atoms with Crippen molar-refractivity contribution in [1.29, 1.82) is 0 Å². The zero-order valence-electron chi connectivity index (χ0n) is 9.66. The molecule has 0 unspecified atom stereocenters. The Balaban J connectivity index is 2.16. The molecule has 2 aromatic rings. The molecule has 0 radical (unpaired) electrons. The van der Waals surface area contributed by atoms with Gasteiger partial charge in [0.15, 0.2) is 0 Å². The maximum Gasteiger partial charge on any atom is 0.419 e. The molecule has 0 fully saturated rings. The molecular formula is C11H12F3N3O. The summed E-state index contributed by atoms with van der Waals surface area (Å²) in [6.07, 6.45) is -2.64. The molecule has 2 rings (SSSR count). The van der Waals surface area contributed by atoms with Crippen molar-refractivity contribution in [3.8, 4) is 0 Å². The Kier molecular flexibility index (Phi) is 3.16. The van der Waals surface area contributed by atoms with Crippen molar-refractivity contribution in [1.82, 2.24) is 9.78 Å². The maximum atomic E-state index is 12.4. The van der Waals surface area contributed by atoms with E-state index in [-0.39, 0.29) is 13.1 Å². The number of furan rings is 1. The first-order valence-electron chi connectivity index (χ1n) is 5.28. The zero-order valence-corrected chi connectivity index (χ0v) is 9.66. The van der Waals surface area contributed by atoms with Gasteiger partial charge in [0.05, 0.1) is 24.8 Å². The molecule has 0 spiro atoms. The summed E-state index contributed by atoms with van der Waals surface area (Å²) in [4.78, 5) is 0. The van der Waals surface area contributed by atoms with E-state index in [2.05, 4.69) is 5.10 Å². The van der Waals surface area contributed by atoms with Crippen molar-refractivity contribution in [3.05, 3.63) is 41.1 Å². The van der Waals surface area contributed by atoms with Crippen LogP contribution in [0.1, 0.15) is 22.6 Å². The second-order valence-corrected chi connectivity index (χ2v) is 3.95.